The zero-order valence-corrected chi connectivity index (χ0v) is 6.99. The molecule has 0 saturated heterocycles. The average molecular weight is 177 g/mol. The van der Waals surface area contributed by atoms with Crippen LogP contribution in [-0.2, 0) is 6.61 Å². The third-order valence-corrected chi connectivity index (χ3v) is 1.86. The summed E-state index contributed by atoms with van der Waals surface area (Å²) in [5, 5.41) is 9.74. The minimum absolute atomic E-state index is 0.0881. The van der Waals surface area contributed by atoms with Gasteiger partial charge in [-0.2, -0.15) is 0 Å². The van der Waals surface area contributed by atoms with E-state index in [1.165, 1.54) is 0 Å². The summed E-state index contributed by atoms with van der Waals surface area (Å²) in [5.74, 6) is 1.23. The molecule has 67 valence electrons. The molecule has 0 aliphatic heterocycles. The fourth-order valence-electron chi connectivity index (χ4n) is 1.24. The van der Waals surface area contributed by atoms with Crippen molar-refractivity contribution in [3.63, 3.8) is 0 Å². The second-order valence-electron chi connectivity index (χ2n) is 2.71. The highest BCUT2D eigenvalue weighted by Crippen LogP contribution is 2.24. The van der Waals surface area contributed by atoms with Gasteiger partial charge in [0.25, 0.3) is 0 Å². The van der Waals surface area contributed by atoms with Gasteiger partial charge in [0, 0.05) is 5.39 Å². The van der Waals surface area contributed by atoms with Gasteiger partial charge in [0.15, 0.2) is 0 Å². The van der Waals surface area contributed by atoms with Gasteiger partial charge in [0.1, 0.15) is 30.8 Å². The van der Waals surface area contributed by atoms with Crippen molar-refractivity contribution in [2.45, 2.75) is 6.61 Å². The molecule has 1 aromatic carbocycles. The fraction of sp³-hybridized carbons (Fsp3) is 0.100. The molecule has 2 rings (SSSR count). The Morgan fingerprint density at radius 1 is 1.38 bits per heavy atom. The Morgan fingerprint density at radius 3 is 2.92 bits per heavy atom. The van der Waals surface area contributed by atoms with E-state index in [9.17, 15) is 0 Å². The second-order valence-corrected chi connectivity index (χ2v) is 2.71. The summed E-state index contributed by atoms with van der Waals surface area (Å²) in [6.07, 6.45) is 0. The van der Waals surface area contributed by atoms with Crippen LogP contribution < -0.4 is 4.74 Å². The molecule has 3 nitrogen and oxygen atoms in total. The molecule has 0 unspecified atom stereocenters. The SMILES string of the molecule is [CH2]Oc1ccc2oc(CO)cc2c1. The molecular weight excluding hydrogens is 168 g/mol. The summed E-state index contributed by atoms with van der Waals surface area (Å²) in [5.41, 5.74) is 0.741. The maximum Gasteiger partial charge on any atom is 0.134 e. The number of hydrogen-bond donors (Lipinski definition) is 1. The monoisotopic (exact) mass is 177 g/mol. The first-order valence-corrected chi connectivity index (χ1v) is 3.89. The minimum Gasteiger partial charge on any atom is -0.490 e. The quantitative estimate of drug-likeness (QED) is 0.763. The number of ether oxygens (including phenoxy) is 1. The van der Waals surface area contributed by atoms with E-state index in [1.54, 1.807) is 18.2 Å². The summed E-state index contributed by atoms with van der Waals surface area (Å²) >= 11 is 0. The molecule has 13 heavy (non-hydrogen) atoms. The smallest absolute Gasteiger partial charge is 0.134 e. The van der Waals surface area contributed by atoms with Crippen LogP contribution in [0.15, 0.2) is 28.7 Å². The summed E-state index contributed by atoms with van der Waals surface area (Å²) in [6.45, 7) is -0.0881. The van der Waals surface area contributed by atoms with Gasteiger partial charge < -0.3 is 14.3 Å². The van der Waals surface area contributed by atoms with Gasteiger partial charge in [-0.1, -0.05) is 0 Å². The van der Waals surface area contributed by atoms with Crippen molar-refractivity contribution in [3.05, 3.63) is 37.1 Å². The van der Waals surface area contributed by atoms with Crippen molar-refractivity contribution in [2.75, 3.05) is 0 Å². The van der Waals surface area contributed by atoms with Crippen LogP contribution in [0.2, 0.25) is 0 Å². The van der Waals surface area contributed by atoms with Crippen LogP contribution in [-0.4, -0.2) is 5.11 Å². The summed E-state index contributed by atoms with van der Waals surface area (Å²) < 4.78 is 10.1. The van der Waals surface area contributed by atoms with E-state index >= 15 is 0 Å². The van der Waals surface area contributed by atoms with Gasteiger partial charge in [0.05, 0.1) is 0 Å². The van der Waals surface area contributed by atoms with E-state index in [4.69, 9.17) is 14.3 Å². The van der Waals surface area contributed by atoms with E-state index in [2.05, 4.69) is 7.11 Å². The molecular formula is C10H9O3. The molecule has 0 spiro atoms. The maximum absolute atomic E-state index is 8.83. The van der Waals surface area contributed by atoms with Crippen LogP contribution in [0, 0.1) is 7.11 Å². The molecule has 2 aromatic rings. The Hall–Kier alpha value is -1.48. The van der Waals surface area contributed by atoms with E-state index in [1.807, 2.05) is 6.07 Å². The van der Waals surface area contributed by atoms with Gasteiger partial charge in [-0.05, 0) is 24.3 Å². The van der Waals surface area contributed by atoms with Crippen LogP contribution in [0.5, 0.6) is 5.75 Å². The third-order valence-electron chi connectivity index (χ3n) is 1.86. The molecule has 1 heterocycles. The zero-order chi connectivity index (χ0) is 9.26. The van der Waals surface area contributed by atoms with Crippen LogP contribution >= 0.6 is 0 Å². The predicted molar refractivity (Wildman–Crippen MR) is 48.1 cm³/mol. The Morgan fingerprint density at radius 2 is 2.23 bits per heavy atom. The van der Waals surface area contributed by atoms with Crippen molar-refractivity contribution < 1.29 is 14.3 Å². The highest BCUT2D eigenvalue weighted by molar-refractivity contribution is 5.79. The molecule has 0 aliphatic carbocycles. The molecule has 1 radical (unpaired) electrons. The van der Waals surface area contributed by atoms with Gasteiger partial charge in [-0.3, -0.25) is 0 Å². The standard InChI is InChI=1S/C10H9O3/c1-12-8-2-3-10-7(4-8)5-9(6-11)13-10/h2-5,11H,1,6H2. The Balaban J connectivity index is 2.57. The summed E-state index contributed by atoms with van der Waals surface area (Å²) in [4.78, 5) is 0. The third kappa shape index (κ3) is 1.38. The number of aliphatic hydroxyl groups is 1. The number of benzene rings is 1. The maximum atomic E-state index is 8.83. The van der Waals surface area contributed by atoms with Gasteiger partial charge in [-0.25, -0.2) is 0 Å². The highest BCUT2D eigenvalue weighted by Gasteiger charge is 2.03. The first-order chi connectivity index (χ1) is 6.33. The van der Waals surface area contributed by atoms with Gasteiger partial charge in [0.2, 0.25) is 0 Å². The van der Waals surface area contributed by atoms with Crippen molar-refractivity contribution in [1.29, 1.82) is 0 Å². The normalized spacial score (nSPS) is 10.6. The first-order valence-electron chi connectivity index (χ1n) is 3.89. The van der Waals surface area contributed by atoms with Crippen LogP contribution in [0.25, 0.3) is 11.0 Å². The number of aliphatic hydroxyl groups excluding tert-OH is 1. The zero-order valence-electron chi connectivity index (χ0n) is 6.99. The number of hydrogen-bond acceptors (Lipinski definition) is 3. The first kappa shape index (κ1) is 8.13. The lowest BCUT2D eigenvalue weighted by Gasteiger charge is -1.96. The lowest BCUT2D eigenvalue weighted by atomic mass is 10.2. The van der Waals surface area contributed by atoms with Crippen molar-refractivity contribution in [1.82, 2.24) is 0 Å². The average Bonchev–Trinajstić information content (AvgIpc) is 2.58. The van der Waals surface area contributed by atoms with Crippen molar-refractivity contribution in [3.8, 4) is 5.75 Å². The van der Waals surface area contributed by atoms with Crippen LogP contribution in [0.4, 0.5) is 0 Å². The Kier molecular flexibility index (Phi) is 1.94. The van der Waals surface area contributed by atoms with Gasteiger partial charge in [-0.15, -0.1) is 0 Å². The highest BCUT2D eigenvalue weighted by atomic mass is 16.5. The lowest BCUT2D eigenvalue weighted by Crippen LogP contribution is -1.76. The van der Waals surface area contributed by atoms with Crippen LogP contribution in [0.3, 0.4) is 0 Å². The molecule has 1 aromatic heterocycles. The van der Waals surface area contributed by atoms with Crippen molar-refractivity contribution >= 4 is 11.0 Å². The molecule has 0 atom stereocenters. The fourth-order valence-corrected chi connectivity index (χ4v) is 1.24. The summed E-state index contributed by atoms with van der Waals surface area (Å²) in [7, 11) is 3.31. The van der Waals surface area contributed by atoms with E-state index < -0.39 is 0 Å². The van der Waals surface area contributed by atoms with E-state index in [-0.39, 0.29) is 6.61 Å². The number of furan rings is 1. The Labute approximate surface area is 75.5 Å². The number of rotatable bonds is 2. The number of fused-ring (bicyclic) bond motifs is 1. The molecule has 0 bridgehead atoms. The topological polar surface area (TPSA) is 42.6 Å². The Bertz CT molecular complexity index is 415. The second kappa shape index (κ2) is 3.11. The molecule has 1 N–H and O–H groups in total. The lowest BCUT2D eigenvalue weighted by molar-refractivity contribution is 0.251. The predicted octanol–water partition coefficient (Wildman–Crippen LogP) is 2.10. The van der Waals surface area contributed by atoms with Gasteiger partial charge >= 0.3 is 0 Å². The molecule has 3 heteroatoms. The minimum atomic E-state index is -0.0881. The molecule has 0 aliphatic rings. The van der Waals surface area contributed by atoms with Crippen LogP contribution in [0.1, 0.15) is 5.76 Å². The van der Waals surface area contributed by atoms with E-state index in [0.29, 0.717) is 11.5 Å². The van der Waals surface area contributed by atoms with E-state index in [0.717, 1.165) is 11.0 Å². The summed E-state index contributed by atoms with van der Waals surface area (Å²) in [6, 6.07) is 7.14. The molecule has 0 amide bonds. The molecule has 0 saturated carbocycles. The molecule has 0 fully saturated rings. The van der Waals surface area contributed by atoms with Crippen molar-refractivity contribution in [2.24, 2.45) is 0 Å². The largest absolute Gasteiger partial charge is 0.490 e.